The minimum atomic E-state index is -0.630. The van der Waals surface area contributed by atoms with Crippen LogP contribution in [-0.4, -0.2) is 36.3 Å². The van der Waals surface area contributed by atoms with Gasteiger partial charge in [-0.25, -0.2) is 0 Å². The summed E-state index contributed by atoms with van der Waals surface area (Å²) in [5, 5.41) is 7.37. The largest absolute Gasteiger partial charge is 0.351 e. The van der Waals surface area contributed by atoms with Crippen molar-refractivity contribution < 1.29 is 9.59 Å². The maximum atomic E-state index is 13.7. The first-order chi connectivity index (χ1) is 18.3. The number of carbonyl (C=O) groups excluding carboxylic acids is 2. The Bertz CT molecular complexity index is 1290. The van der Waals surface area contributed by atoms with Crippen LogP contribution in [0.2, 0.25) is 10.0 Å². The van der Waals surface area contributed by atoms with Gasteiger partial charge in [-0.1, -0.05) is 89.9 Å². The zero-order valence-corrected chi connectivity index (χ0v) is 23.1. The molecule has 1 aliphatic carbocycles. The second-order valence-corrected chi connectivity index (χ2v) is 11.4. The molecule has 0 radical (unpaired) electrons. The van der Waals surface area contributed by atoms with E-state index >= 15 is 0 Å². The van der Waals surface area contributed by atoms with E-state index in [1.807, 2.05) is 60.7 Å². The van der Waals surface area contributed by atoms with Gasteiger partial charge in [0.1, 0.15) is 0 Å². The van der Waals surface area contributed by atoms with Crippen LogP contribution in [0.5, 0.6) is 0 Å². The van der Waals surface area contributed by atoms with Gasteiger partial charge in [0.2, 0.25) is 11.8 Å². The molecule has 1 saturated heterocycles. The SMILES string of the molecule is CC(=O)NC1(c2ccccc2)CCN(C[C@@H]2C[C@@]2(C(=O)NCc2ccccc2)c2ccc(Cl)c(Cl)c2)CC1. The van der Waals surface area contributed by atoms with E-state index in [1.165, 1.54) is 0 Å². The summed E-state index contributed by atoms with van der Waals surface area (Å²) in [7, 11) is 0. The fourth-order valence-corrected chi connectivity index (χ4v) is 6.33. The van der Waals surface area contributed by atoms with Crippen LogP contribution in [0.15, 0.2) is 78.9 Å². The van der Waals surface area contributed by atoms with Crippen LogP contribution in [0.1, 0.15) is 42.9 Å². The first-order valence-electron chi connectivity index (χ1n) is 13.2. The van der Waals surface area contributed by atoms with E-state index in [0.717, 1.165) is 55.6 Å². The molecule has 2 fully saturated rings. The van der Waals surface area contributed by atoms with Crippen molar-refractivity contribution >= 4 is 35.0 Å². The van der Waals surface area contributed by atoms with E-state index in [0.29, 0.717) is 16.6 Å². The highest BCUT2D eigenvalue weighted by Gasteiger charge is 2.61. The lowest BCUT2D eigenvalue weighted by molar-refractivity contribution is -0.124. The van der Waals surface area contributed by atoms with Crippen LogP contribution < -0.4 is 10.6 Å². The summed E-state index contributed by atoms with van der Waals surface area (Å²) in [4.78, 5) is 28.2. The Morgan fingerprint density at radius 3 is 2.18 bits per heavy atom. The van der Waals surface area contributed by atoms with Crippen LogP contribution in [0.25, 0.3) is 0 Å². The van der Waals surface area contributed by atoms with E-state index in [-0.39, 0.29) is 23.3 Å². The zero-order chi connectivity index (χ0) is 26.8. The molecule has 198 valence electrons. The van der Waals surface area contributed by atoms with E-state index in [2.05, 4.69) is 27.7 Å². The van der Waals surface area contributed by atoms with Gasteiger partial charge in [-0.05, 0) is 54.0 Å². The van der Waals surface area contributed by atoms with Gasteiger partial charge >= 0.3 is 0 Å². The van der Waals surface area contributed by atoms with Crippen molar-refractivity contribution in [1.29, 1.82) is 0 Å². The highest BCUT2D eigenvalue weighted by molar-refractivity contribution is 6.42. The summed E-state index contributed by atoms with van der Waals surface area (Å²) in [5.74, 6) is 0.178. The molecule has 0 aromatic heterocycles. The maximum absolute atomic E-state index is 13.7. The average Bonchev–Trinajstić information content (AvgIpc) is 3.65. The number of carbonyl (C=O) groups is 2. The van der Waals surface area contributed by atoms with E-state index < -0.39 is 5.41 Å². The summed E-state index contributed by atoms with van der Waals surface area (Å²) in [6.07, 6.45) is 2.41. The van der Waals surface area contributed by atoms with Crippen molar-refractivity contribution in [3.8, 4) is 0 Å². The van der Waals surface area contributed by atoms with Crippen molar-refractivity contribution in [3.63, 3.8) is 0 Å². The Kier molecular flexibility index (Phi) is 7.80. The summed E-state index contributed by atoms with van der Waals surface area (Å²) < 4.78 is 0. The van der Waals surface area contributed by atoms with E-state index in [9.17, 15) is 9.59 Å². The topological polar surface area (TPSA) is 61.4 Å². The third-order valence-corrected chi connectivity index (χ3v) is 8.91. The number of nitrogens with zero attached hydrogens (tertiary/aromatic N) is 1. The number of hydrogen-bond donors (Lipinski definition) is 2. The number of hydrogen-bond acceptors (Lipinski definition) is 3. The lowest BCUT2D eigenvalue weighted by Crippen LogP contribution is -2.53. The van der Waals surface area contributed by atoms with Gasteiger partial charge in [0, 0.05) is 33.1 Å². The number of benzene rings is 3. The molecule has 1 saturated carbocycles. The van der Waals surface area contributed by atoms with Gasteiger partial charge in [0.15, 0.2) is 0 Å². The molecule has 0 bridgehead atoms. The number of piperidine rings is 1. The molecule has 2 N–H and O–H groups in total. The third kappa shape index (κ3) is 5.47. The normalized spacial score (nSPS) is 22.4. The molecule has 1 heterocycles. The molecule has 2 aliphatic rings. The van der Waals surface area contributed by atoms with Gasteiger partial charge in [-0.2, -0.15) is 0 Å². The van der Waals surface area contributed by atoms with E-state index in [1.54, 1.807) is 13.0 Å². The van der Waals surface area contributed by atoms with Gasteiger partial charge in [0.25, 0.3) is 0 Å². The van der Waals surface area contributed by atoms with Crippen LogP contribution in [0.3, 0.4) is 0 Å². The number of halogens is 2. The molecule has 1 aliphatic heterocycles. The molecule has 3 aromatic rings. The fraction of sp³-hybridized carbons (Fsp3) is 0.355. The Labute approximate surface area is 234 Å². The quantitative estimate of drug-likeness (QED) is 0.379. The maximum Gasteiger partial charge on any atom is 0.231 e. The lowest BCUT2D eigenvalue weighted by Gasteiger charge is -2.43. The molecule has 0 unspecified atom stereocenters. The smallest absolute Gasteiger partial charge is 0.231 e. The number of amides is 2. The van der Waals surface area contributed by atoms with Crippen LogP contribution in [0, 0.1) is 5.92 Å². The molecule has 38 heavy (non-hydrogen) atoms. The summed E-state index contributed by atoms with van der Waals surface area (Å²) in [6, 6.07) is 25.7. The zero-order valence-electron chi connectivity index (χ0n) is 21.6. The second-order valence-electron chi connectivity index (χ2n) is 10.6. The lowest BCUT2D eigenvalue weighted by atomic mass is 9.80. The van der Waals surface area contributed by atoms with Crippen LogP contribution in [0.4, 0.5) is 0 Å². The van der Waals surface area contributed by atoms with E-state index in [4.69, 9.17) is 23.2 Å². The first-order valence-corrected chi connectivity index (χ1v) is 13.9. The third-order valence-electron chi connectivity index (χ3n) is 8.17. The standard InChI is InChI=1S/C31H33Cl2N3O2/c1-22(37)35-30(24-10-6-3-7-11-24)14-16-36(17-15-30)21-26-19-31(26,25-12-13-27(32)28(33)18-25)29(38)34-20-23-8-4-2-5-9-23/h2-13,18,26H,14-17,19-21H2,1H3,(H,34,38)(H,35,37)/t26-,31+/m0/s1. The predicted octanol–water partition coefficient (Wildman–Crippen LogP) is 5.69. The van der Waals surface area contributed by atoms with Crippen molar-refractivity contribution in [2.24, 2.45) is 5.92 Å². The predicted molar refractivity (Wildman–Crippen MR) is 152 cm³/mol. The van der Waals surface area contributed by atoms with Crippen LogP contribution in [-0.2, 0) is 27.1 Å². The highest BCUT2D eigenvalue weighted by Crippen LogP contribution is 2.56. The molecule has 2 amide bonds. The highest BCUT2D eigenvalue weighted by atomic mass is 35.5. The van der Waals surface area contributed by atoms with Gasteiger partial charge in [-0.3, -0.25) is 9.59 Å². The average molecular weight is 551 g/mol. The van der Waals surface area contributed by atoms with Gasteiger partial charge in [0.05, 0.1) is 21.0 Å². The molecule has 2 atom stereocenters. The fourth-order valence-electron chi connectivity index (χ4n) is 6.03. The molecular formula is C31H33Cl2N3O2. The van der Waals surface area contributed by atoms with Crippen molar-refractivity contribution in [2.75, 3.05) is 19.6 Å². The van der Waals surface area contributed by atoms with Gasteiger partial charge < -0.3 is 15.5 Å². The number of nitrogens with one attached hydrogen (secondary N) is 2. The minimum Gasteiger partial charge on any atom is -0.351 e. The molecule has 0 spiro atoms. The van der Waals surface area contributed by atoms with Crippen molar-refractivity contribution in [3.05, 3.63) is 106 Å². The molecule has 7 heteroatoms. The number of rotatable bonds is 8. The number of likely N-dealkylation sites (tertiary alicyclic amines) is 1. The molecule has 5 nitrogen and oxygen atoms in total. The second kappa shape index (κ2) is 11.1. The van der Waals surface area contributed by atoms with Gasteiger partial charge in [-0.15, -0.1) is 0 Å². The van der Waals surface area contributed by atoms with Crippen LogP contribution >= 0.6 is 23.2 Å². The molecular weight excluding hydrogens is 517 g/mol. The summed E-state index contributed by atoms with van der Waals surface area (Å²) in [5.41, 5.74) is 2.13. The molecule has 5 rings (SSSR count). The summed E-state index contributed by atoms with van der Waals surface area (Å²) in [6.45, 7) is 4.56. The van der Waals surface area contributed by atoms with Crippen molar-refractivity contribution in [1.82, 2.24) is 15.5 Å². The first kappa shape index (κ1) is 26.7. The van der Waals surface area contributed by atoms with Crippen molar-refractivity contribution in [2.45, 2.75) is 43.7 Å². The monoisotopic (exact) mass is 549 g/mol. The Balaban J connectivity index is 1.31. The minimum absolute atomic E-state index is 0.0155. The Hall–Kier alpha value is -2.86. The Morgan fingerprint density at radius 2 is 1.55 bits per heavy atom. The molecule has 3 aromatic carbocycles. The summed E-state index contributed by atoms with van der Waals surface area (Å²) >= 11 is 12.6. The Morgan fingerprint density at radius 1 is 0.895 bits per heavy atom.